The van der Waals surface area contributed by atoms with Crippen molar-refractivity contribution >= 4 is 17.9 Å². The van der Waals surface area contributed by atoms with E-state index >= 15 is 0 Å². The zero-order chi connectivity index (χ0) is 28.8. The third kappa shape index (κ3) is 12.7. The monoisotopic (exact) mass is 535 g/mol. The molecule has 0 saturated carbocycles. The van der Waals surface area contributed by atoms with Gasteiger partial charge in [0.25, 0.3) is 0 Å². The minimum absolute atomic E-state index is 0.0763. The van der Waals surface area contributed by atoms with Crippen LogP contribution in [-0.2, 0) is 20.9 Å². The molecule has 0 aliphatic heterocycles. The molecule has 5 atom stereocenters. The van der Waals surface area contributed by atoms with Gasteiger partial charge in [-0.05, 0) is 42.6 Å². The van der Waals surface area contributed by atoms with Gasteiger partial charge < -0.3 is 30.9 Å². The highest BCUT2D eigenvalue weighted by Crippen LogP contribution is 2.16. The predicted octanol–water partition coefficient (Wildman–Crippen LogP) is 3.38. The molecule has 0 spiro atoms. The first-order valence-electron chi connectivity index (χ1n) is 13.7. The molecule has 0 radical (unpaired) electrons. The molecular weight excluding hydrogens is 486 g/mol. The summed E-state index contributed by atoms with van der Waals surface area (Å²) in [6.45, 7) is 13.3. The number of amides is 3. The molecule has 9 nitrogen and oxygen atoms in total. The van der Waals surface area contributed by atoms with Gasteiger partial charge in [0, 0.05) is 12.5 Å². The van der Waals surface area contributed by atoms with Gasteiger partial charge in [0.05, 0.1) is 12.1 Å². The van der Waals surface area contributed by atoms with Gasteiger partial charge in [-0.3, -0.25) is 9.59 Å². The van der Waals surface area contributed by atoms with Crippen LogP contribution in [0.15, 0.2) is 30.3 Å². The number of carbonyl (C=O) groups is 3. The molecule has 0 aliphatic rings. The van der Waals surface area contributed by atoms with E-state index in [1.54, 1.807) is 6.92 Å². The number of aliphatic hydroxyl groups is 2. The maximum absolute atomic E-state index is 13.3. The van der Waals surface area contributed by atoms with E-state index in [1.165, 1.54) is 0 Å². The molecule has 0 fully saturated rings. The number of carbonyl (C=O) groups excluding carboxylic acids is 3. The average Bonchev–Trinajstić information content (AvgIpc) is 2.85. The van der Waals surface area contributed by atoms with Gasteiger partial charge in [-0.25, -0.2) is 4.79 Å². The molecule has 1 aromatic carbocycles. The molecule has 0 aliphatic carbocycles. The number of benzene rings is 1. The van der Waals surface area contributed by atoms with Crippen LogP contribution in [0.3, 0.4) is 0 Å². The molecular formula is C29H49N3O6. The smallest absolute Gasteiger partial charge is 0.408 e. The summed E-state index contributed by atoms with van der Waals surface area (Å²) in [5.74, 6) is -0.900. The molecule has 1 aromatic rings. The zero-order valence-electron chi connectivity index (χ0n) is 24.1. The molecule has 9 heteroatoms. The van der Waals surface area contributed by atoms with E-state index in [2.05, 4.69) is 16.0 Å². The average molecular weight is 536 g/mol. The maximum Gasteiger partial charge on any atom is 0.408 e. The molecule has 0 bridgehead atoms. The second-order valence-corrected chi connectivity index (χ2v) is 11.5. The number of nitrogens with one attached hydrogen (secondary N) is 3. The van der Waals surface area contributed by atoms with Gasteiger partial charge in [-0.1, -0.05) is 78.8 Å². The lowest BCUT2D eigenvalue weighted by Crippen LogP contribution is -2.57. The normalized spacial score (nSPS) is 15.5. The minimum Gasteiger partial charge on any atom is -0.445 e. The second-order valence-electron chi connectivity index (χ2n) is 11.5. The van der Waals surface area contributed by atoms with Gasteiger partial charge in [0.15, 0.2) is 0 Å². The summed E-state index contributed by atoms with van der Waals surface area (Å²) < 4.78 is 5.30. The Labute approximate surface area is 228 Å². The summed E-state index contributed by atoms with van der Waals surface area (Å²) in [6, 6.07) is 6.93. The van der Waals surface area contributed by atoms with Crippen LogP contribution < -0.4 is 16.0 Å². The first kappa shape index (κ1) is 33.4. The molecule has 0 unspecified atom stereocenters. The van der Waals surface area contributed by atoms with Crippen LogP contribution in [0.4, 0.5) is 4.79 Å². The Bertz CT molecular complexity index is 846. The highest BCUT2D eigenvalue weighted by molar-refractivity contribution is 5.91. The number of ether oxygens (including phenoxy) is 1. The van der Waals surface area contributed by atoms with Gasteiger partial charge in [-0.15, -0.1) is 0 Å². The number of alkyl carbamates (subject to hydrolysis) is 1. The molecule has 38 heavy (non-hydrogen) atoms. The van der Waals surface area contributed by atoms with E-state index in [0.717, 1.165) is 5.56 Å². The summed E-state index contributed by atoms with van der Waals surface area (Å²) >= 11 is 0. The van der Waals surface area contributed by atoms with Crippen molar-refractivity contribution in [1.82, 2.24) is 16.0 Å². The van der Waals surface area contributed by atoms with Crippen molar-refractivity contribution in [3.8, 4) is 0 Å². The van der Waals surface area contributed by atoms with E-state index in [0.29, 0.717) is 19.3 Å². The standard InChI is InChI=1S/C29H49N3O6/c1-18(2)13-23(26(34)21(7)16-33)30-27(35)24(14-19(3)4)31-28(36)25(15-20(5)6)32-29(37)38-17-22-11-9-8-10-12-22/h8-12,18-21,23-26,33-34H,13-17H2,1-7H3,(H,30,35)(H,31,36)(H,32,37)/t21-,23+,24+,25+,26+/m1/s1. The third-order valence-electron chi connectivity index (χ3n) is 6.20. The fraction of sp³-hybridized carbons (Fsp3) is 0.690. The third-order valence-corrected chi connectivity index (χ3v) is 6.20. The molecule has 0 saturated heterocycles. The summed E-state index contributed by atoms with van der Waals surface area (Å²) in [7, 11) is 0. The van der Waals surface area contributed by atoms with Crippen molar-refractivity contribution in [3.05, 3.63) is 35.9 Å². The lowest BCUT2D eigenvalue weighted by Gasteiger charge is -2.31. The lowest BCUT2D eigenvalue weighted by molar-refractivity contribution is -0.131. The highest BCUT2D eigenvalue weighted by atomic mass is 16.5. The summed E-state index contributed by atoms with van der Waals surface area (Å²) in [6.07, 6.45) is -0.381. The Morgan fingerprint density at radius 3 is 1.76 bits per heavy atom. The Hall–Kier alpha value is -2.65. The van der Waals surface area contributed by atoms with Gasteiger partial charge in [0.1, 0.15) is 18.7 Å². The molecule has 0 aromatic heterocycles. The Morgan fingerprint density at radius 1 is 0.763 bits per heavy atom. The first-order valence-corrected chi connectivity index (χ1v) is 13.7. The van der Waals surface area contributed by atoms with Crippen molar-refractivity contribution in [2.24, 2.45) is 23.7 Å². The van der Waals surface area contributed by atoms with Crippen molar-refractivity contribution in [2.75, 3.05) is 6.61 Å². The van der Waals surface area contributed by atoms with Crippen LogP contribution in [0.25, 0.3) is 0 Å². The first-order chi connectivity index (χ1) is 17.8. The van der Waals surface area contributed by atoms with E-state index < -0.39 is 48.1 Å². The van der Waals surface area contributed by atoms with E-state index in [4.69, 9.17) is 4.74 Å². The number of hydrogen-bond donors (Lipinski definition) is 5. The van der Waals surface area contributed by atoms with Gasteiger partial charge >= 0.3 is 6.09 Å². The number of rotatable bonds is 16. The minimum atomic E-state index is -0.934. The number of aliphatic hydroxyl groups excluding tert-OH is 2. The molecule has 1 rings (SSSR count). The van der Waals surface area contributed by atoms with Gasteiger partial charge in [-0.2, -0.15) is 0 Å². The van der Waals surface area contributed by atoms with E-state index in [9.17, 15) is 24.6 Å². The number of hydrogen-bond acceptors (Lipinski definition) is 6. The highest BCUT2D eigenvalue weighted by Gasteiger charge is 2.32. The van der Waals surface area contributed by atoms with Gasteiger partial charge in [0.2, 0.25) is 11.8 Å². The lowest BCUT2D eigenvalue weighted by atomic mass is 9.91. The largest absolute Gasteiger partial charge is 0.445 e. The quantitative estimate of drug-likeness (QED) is 0.220. The van der Waals surface area contributed by atoms with Crippen molar-refractivity contribution in [3.63, 3.8) is 0 Å². The van der Waals surface area contributed by atoms with Crippen molar-refractivity contribution < 1.29 is 29.3 Å². The van der Waals surface area contributed by atoms with E-state index in [-0.39, 0.29) is 31.0 Å². The molecule has 0 heterocycles. The van der Waals surface area contributed by atoms with E-state index in [1.807, 2.05) is 71.9 Å². The second kappa shape index (κ2) is 17.0. The summed E-state index contributed by atoms with van der Waals surface area (Å²) in [5, 5.41) is 28.6. The fourth-order valence-corrected chi connectivity index (χ4v) is 4.16. The Morgan fingerprint density at radius 2 is 1.26 bits per heavy atom. The SMILES string of the molecule is CC(C)C[C@H](NC(=O)OCc1ccccc1)C(=O)N[C@@H](CC(C)C)C(=O)N[C@@H](CC(C)C)[C@@H](O)[C@H](C)CO. The summed E-state index contributed by atoms with van der Waals surface area (Å²) in [4.78, 5) is 39.1. The van der Waals surface area contributed by atoms with Crippen LogP contribution in [-0.4, -0.2) is 59.0 Å². The topological polar surface area (TPSA) is 137 Å². The van der Waals surface area contributed by atoms with Crippen LogP contribution in [0.1, 0.15) is 73.3 Å². The molecule has 3 amide bonds. The van der Waals surface area contributed by atoms with Crippen molar-refractivity contribution in [2.45, 2.75) is 98.6 Å². The van der Waals surface area contributed by atoms with Crippen LogP contribution >= 0.6 is 0 Å². The fourth-order valence-electron chi connectivity index (χ4n) is 4.16. The molecule has 5 N–H and O–H groups in total. The summed E-state index contributed by atoms with van der Waals surface area (Å²) in [5.41, 5.74) is 0.829. The van der Waals surface area contributed by atoms with Crippen LogP contribution in [0.2, 0.25) is 0 Å². The predicted molar refractivity (Wildman–Crippen MR) is 148 cm³/mol. The Kier molecular flexibility index (Phi) is 15.0. The van der Waals surface area contributed by atoms with Crippen LogP contribution in [0.5, 0.6) is 0 Å². The van der Waals surface area contributed by atoms with Crippen molar-refractivity contribution in [1.29, 1.82) is 0 Å². The maximum atomic E-state index is 13.3. The van der Waals surface area contributed by atoms with Crippen LogP contribution in [0, 0.1) is 23.7 Å². The molecule has 216 valence electrons. The zero-order valence-corrected chi connectivity index (χ0v) is 24.1. The Balaban J connectivity index is 2.96.